The number of aliphatic imine (C=N–C) groups is 1. The molecule has 0 aliphatic heterocycles. The van der Waals surface area contributed by atoms with Crippen molar-refractivity contribution < 1.29 is 4.79 Å². The van der Waals surface area contributed by atoms with Crippen molar-refractivity contribution in [3.8, 4) is 0 Å². The molecule has 23 heavy (non-hydrogen) atoms. The van der Waals surface area contributed by atoms with Gasteiger partial charge in [-0.15, -0.1) is 0 Å². The smallest absolute Gasteiger partial charge is 0.343 e. The van der Waals surface area contributed by atoms with Crippen LogP contribution in [0.3, 0.4) is 0 Å². The lowest BCUT2D eigenvalue weighted by atomic mass is 10.2. The van der Waals surface area contributed by atoms with Crippen LogP contribution in [0.25, 0.3) is 0 Å². The van der Waals surface area contributed by atoms with Crippen molar-refractivity contribution in [2.75, 3.05) is 11.9 Å². The predicted octanol–water partition coefficient (Wildman–Crippen LogP) is 2.44. The van der Waals surface area contributed by atoms with Crippen molar-refractivity contribution in [2.24, 2.45) is 10.7 Å². The number of anilines is 1. The molecule has 120 valence electrons. The van der Waals surface area contributed by atoms with E-state index in [9.17, 15) is 4.79 Å². The summed E-state index contributed by atoms with van der Waals surface area (Å²) < 4.78 is 0. The number of nitrogens with one attached hydrogen (secondary N) is 1. The lowest BCUT2D eigenvalue weighted by Crippen LogP contribution is -2.39. The molecule has 3 N–H and O–H groups in total. The van der Waals surface area contributed by atoms with E-state index in [1.54, 1.807) is 36.8 Å². The summed E-state index contributed by atoms with van der Waals surface area (Å²) in [5, 5.41) is 3.11. The molecule has 0 aliphatic carbocycles. The average Bonchev–Trinajstić information content (AvgIpc) is 2.54. The van der Waals surface area contributed by atoms with Crippen molar-refractivity contribution >= 4 is 40.9 Å². The van der Waals surface area contributed by atoms with Gasteiger partial charge in [0.2, 0.25) is 5.96 Å². The van der Waals surface area contributed by atoms with Gasteiger partial charge in [-0.3, -0.25) is 9.97 Å². The monoisotopic (exact) mass is 352 g/mol. The van der Waals surface area contributed by atoms with Gasteiger partial charge in [-0.25, -0.2) is 4.79 Å². The first-order valence-corrected chi connectivity index (χ1v) is 7.31. The van der Waals surface area contributed by atoms with Crippen molar-refractivity contribution in [3.63, 3.8) is 0 Å². The molecule has 1 heterocycles. The van der Waals surface area contributed by atoms with E-state index in [1.165, 1.54) is 11.9 Å². The van der Waals surface area contributed by atoms with Crippen LogP contribution < -0.4 is 16.0 Å². The van der Waals surface area contributed by atoms with E-state index >= 15 is 0 Å². The topological polar surface area (TPSA) is 96.5 Å². The third kappa shape index (κ3) is 4.30. The summed E-state index contributed by atoms with van der Waals surface area (Å²) in [5.74, 6) is -0.0648. The highest BCUT2D eigenvalue weighted by atomic mass is 35.5. The van der Waals surface area contributed by atoms with Gasteiger partial charge in [-0.1, -0.05) is 29.3 Å². The fourth-order valence-corrected chi connectivity index (χ4v) is 2.42. The number of benzene rings is 1. The van der Waals surface area contributed by atoms with Gasteiger partial charge in [0.25, 0.3) is 0 Å². The van der Waals surface area contributed by atoms with Crippen molar-refractivity contribution in [3.05, 3.63) is 52.5 Å². The van der Waals surface area contributed by atoms with Crippen LogP contribution in [-0.2, 0) is 6.54 Å². The van der Waals surface area contributed by atoms with Crippen molar-refractivity contribution in [2.45, 2.75) is 6.54 Å². The largest absolute Gasteiger partial charge is 0.369 e. The number of urea groups is 1. The predicted molar refractivity (Wildman–Crippen MR) is 90.8 cm³/mol. The molecule has 2 rings (SSSR count). The number of nitrogens with two attached hydrogens (primary N) is 1. The number of aromatic nitrogens is 2. The van der Waals surface area contributed by atoms with E-state index in [2.05, 4.69) is 20.3 Å². The molecule has 0 unspecified atom stereocenters. The number of rotatable bonds is 3. The highest BCUT2D eigenvalue weighted by Gasteiger charge is 2.19. The number of amides is 2. The summed E-state index contributed by atoms with van der Waals surface area (Å²) in [4.78, 5) is 24.9. The summed E-state index contributed by atoms with van der Waals surface area (Å²) in [6.45, 7) is 0.198. The molecule has 1 aromatic heterocycles. The third-order valence-electron chi connectivity index (χ3n) is 2.85. The fourth-order valence-electron chi connectivity index (χ4n) is 1.82. The fraction of sp³-hybridized carbons (Fsp3) is 0.143. The second kappa shape index (κ2) is 7.75. The van der Waals surface area contributed by atoms with Crippen LogP contribution >= 0.6 is 23.2 Å². The number of nitrogens with zero attached hydrogens (tertiary/aromatic N) is 4. The molecule has 0 spiro atoms. The minimum Gasteiger partial charge on any atom is -0.369 e. The van der Waals surface area contributed by atoms with Crippen LogP contribution in [0.5, 0.6) is 0 Å². The molecule has 0 bridgehead atoms. The van der Waals surface area contributed by atoms with Gasteiger partial charge >= 0.3 is 6.03 Å². The zero-order chi connectivity index (χ0) is 16.8. The van der Waals surface area contributed by atoms with Crippen LogP contribution in [-0.4, -0.2) is 29.0 Å². The van der Waals surface area contributed by atoms with E-state index in [4.69, 9.17) is 28.9 Å². The Kier molecular flexibility index (Phi) is 5.72. The molecule has 0 aliphatic rings. The number of para-hydroxylation sites is 1. The standard InChI is InChI=1S/C14H14Cl2N6O/c1-18-14(23)21-13(17)22(8-9-7-19-5-6-20-9)12-10(15)3-2-4-11(12)16/h2-7H,8H2,1H3,(H3,17,18,21,23). The summed E-state index contributed by atoms with van der Waals surface area (Å²) in [6, 6.07) is 4.45. The SMILES string of the molecule is CNC(=O)N=C(N)N(Cc1cnccn1)c1c(Cl)cccc1Cl. The minimum atomic E-state index is -0.588. The Morgan fingerprint density at radius 1 is 1.35 bits per heavy atom. The second-order valence-electron chi connectivity index (χ2n) is 4.38. The van der Waals surface area contributed by atoms with Gasteiger partial charge in [0, 0.05) is 19.4 Å². The average molecular weight is 353 g/mol. The molecule has 0 saturated carbocycles. The maximum Gasteiger partial charge on any atom is 0.343 e. The molecule has 0 fully saturated rings. The summed E-state index contributed by atoms with van der Waals surface area (Å²) in [6.07, 6.45) is 4.68. The van der Waals surface area contributed by atoms with Gasteiger partial charge in [-0.2, -0.15) is 4.99 Å². The molecule has 1 aromatic carbocycles. The summed E-state index contributed by atoms with van der Waals surface area (Å²) in [7, 11) is 1.45. The molecule has 9 heteroatoms. The Labute approximate surface area is 143 Å². The Morgan fingerprint density at radius 2 is 2.04 bits per heavy atom. The number of guanidine groups is 1. The molecular weight excluding hydrogens is 339 g/mol. The number of halogens is 2. The Morgan fingerprint density at radius 3 is 2.61 bits per heavy atom. The zero-order valence-corrected chi connectivity index (χ0v) is 13.7. The first-order valence-electron chi connectivity index (χ1n) is 6.55. The molecular formula is C14H14Cl2N6O. The van der Waals surface area contributed by atoms with Gasteiger partial charge < -0.3 is 16.0 Å². The second-order valence-corrected chi connectivity index (χ2v) is 5.19. The van der Waals surface area contributed by atoms with Crippen molar-refractivity contribution in [1.82, 2.24) is 15.3 Å². The van der Waals surface area contributed by atoms with Crippen LogP contribution in [0, 0.1) is 0 Å². The van der Waals surface area contributed by atoms with E-state index in [0.717, 1.165) is 0 Å². The Hall–Kier alpha value is -2.38. The van der Waals surface area contributed by atoms with E-state index in [1.807, 2.05) is 0 Å². The molecule has 2 amide bonds. The quantitative estimate of drug-likeness (QED) is 0.653. The van der Waals surface area contributed by atoms with Crippen LogP contribution in [0.4, 0.5) is 10.5 Å². The number of hydrogen-bond acceptors (Lipinski definition) is 3. The van der Waals surface area contributed by atoms with Crippen LogP contribution in [0.1, 0.15) is 5.69 Å². The number of carbonyl (C=O) groups is 1. The lowest BCUT2D eigenvalue weighted by molar-refractivity contribution is 0.251. The van der Waals surface area contributed by atoms with Gasteiger partial charge in [0.1, 0.15) is 0 Å². The van der Waals surface area contributed by atoms with E-state index in [-0.39, 0.29) is 12.5 Å². The number of carbonyl (C=O) groups excluding carboxylic acids is 1. The Balaban J connectivity index is 2.47. The van der Waals surface area contributed by atoms with Crippen LogP contribution in [0.15, 0.2) is 41.8 Å². The number of hydrogen-bond donors (Lipinski definition) is 2. The van der Waals surface area contributed by atoms with Gasteiger partial charge in [0.05, 0.1) is 34.2 Å². The summed E-state index contributed by atoms with van der Waals surface area (Å²) in [5.41, 5.74) is 7.01. The lowest BCUT2D eigenvalue weighted by Gasteiger charge is -2.25. The van der Waals surface area contributed by atoms with Crippen molar-refractivity contribution in [1.29, 1.82) is 0 Å². The van der Waals surface area contributed by atoms with E-state index < -0.39 is 6.03 Å². The maximum atomic E-state index is 11.5. The maximum absolute atomic E-state index is 11.5. The molecule has 7 nitrogen and oxygen atoms in total. The van der Waals surface area contributed by atoms with Crippen LogP contribution in [0.2, 0.25) is 10.0 Å². The third-order valence-corrected chi connectivity index (χ3v) is 3.46. The highest BCUT2D eigenvalue weighted by molar-refractivity contribution is 6.40. The molecule has 0 radical (unpaired) electrons. The van der Waals surface area contributed by atoms with Gasteiger partial charge in [-0.05, 0) is 12.1 Å². The highest BCUT2D eigenvalue weighted by Crippen LogP contribution is 2.34. The first-order chi connectivity index (χ1) is 11.0. The Bertz CT molecular complexity index is 702. The minimum absolute atomic E-state index is 0.0648. The normalized spacial score (nSPS) is 11.2. The van der Waals surface area contributed by atoms with Gasteiger partial charge in [0.15, 0.2) is 0 Å². The summed E-state index contributed by atoms with van der Waals surface area (Å²) >= 11 is 12.5. The first kappa shape index (κ1) is 17.0. The van der Waals surface area contributed by atoms with E-state index in [0.29, 0.717) is 21.4 Å². The molecule has 0 saturated heterocycles. The zero-order valence-electron chi connectivity index (χ0n) is 12.2. The molecule has 2 aromatic rings. The molecule has 0 atom stereocenters.